The minimum Gasteiger partial charge on any atom is -0.493 e. The number of ether oxygens (including phenoxy) is 3. The van der Waals surface area contributed by atoms with Crippen molar-refractivity contribution in [1.29, 1.82) is 0 Å². The summed E-state index contributed by atoms with van der Waals surface area (Å²) in [6.07, 6.45) is -0.365. The Balaban J connectivity index is 2.14. The van der Waals surface area contributed by atoms with Crippen molar-refractivity contribution in [3.63, 3.8) is 0 Å². The first-order valence-electron chi connectivity index (χ1n) is 5.54. The largest absolute Gasteiger partial charge is 0.493 e. The Hall–Kier alpha value is -1.10. The van der Waals surface area contributed by atoms with E-state index in [-0.39, 0.29) is 12.4 Å². The number of nitrogens with two attached hydrogens (primary N) is 1. The van der Waals surface area contributed by atoms with E-state index in [9.17, 15) is 0 Å². The van der Waals surface area contributed by atoms with Gasteiger partial charge in [0, 0.05) is 12.1 Å². The molecule has 2 rings (SSSR count). The van der Waals surface area contributed by atoms with Gasteiger partial charge in [-0.05, 0) is 13.0 Å². The molecule has 4 nitrogen and oxygen atoms in total. The molecule has 1 aromatic rings. The van der Waals surface area contributed by atoms with Gasteiger partial charge in [0.1, 0.15) is 5.75 Å². The fourth-order valence-electron chi connectivity index (χ4n) is 1.70. The van der Waals surface area contributed by atoms with Gasteiger partial charge in [-0.3, -0.25) is 0 Å². The molecular weight excluding hydrogens is 206 g/mol. The zero-order valence-corrected chi connectivity index (χ0v) is 9.39. The van der Waals surface area contributed by atoms with E-state index in [4.69, 9.17) is 19.9 Å². The Morgan fingerprint density at radius 3 is 2.94 bits per heavy atom. The molecule has 0 amide bonds. The lowest BCUT2D eigenvalue weighted by molar-refractivity contribution is -0.0599. The zero-order valence-electron chi connectivity index (χ0n) is 9.39. The minimum absolute atomic E-state index is 0.0142. The molecule has 1 aromatic carbocycles. The first-order valence-corrected chi connectivity index (χ1v) is 5.54. The van der Waals surface area contributed by atoms with Gasteiger partial charge < -0.3 is 19.9 Å². The second kappa shape index (κ2) is 5.30. The van der Waals surface area contributed by atoms with Crippen molar-refractivity contribution in [2.75, 3.05) is 19.8 Å². The van der Waals surface area contributed by atoms with E-state index in [1.165, 1.54) is 0 Å². The van der Waals surface area contributed by atoms with Gasteiger partial charge in [-0.15, -0.1) is 0 Å². The fraction of sp³-hybridized carbons (Fsp3) is 0.500. The van der Waals surface area contributed by atoms with Gasteiger partial charge in [0.25, 0.3) is 0 Å². The number of hydrogen-bond donors (Lipinski definition) is 1. The smallest absolute Gasteiger partial charge is 0.188 e. The lowest BCUT2D eigenvalue weighted by Crippen LogP contribution is -2.21. The van der Waals surface area contributed by atoms with Crippen molar-refractivity contribution in [3.8, 4) is 5.75 Å². The average Bonchev–Trinajstić information content (AvgIpc) is 2.79. The molecule has 1 fully saturated rings. The topological polar surface area (TPSA) is 53.7 Å². The molecule has 0 spiro atoms. The Kier molecular flexibility index (Phi) is 3.77. The predicted molar refractivity (Wildman–Crippen MR) is 60.2 cm³/mol. The van der Waals surface area contributed by atoms with Crippen LogP contribution in [0.15, 0.2) is 24.3 Å². The van der Waals surface area contributed by atoms with Crippen LogP contribution in [0.3, 0.4) is 0 Å². The van der Waals surface area contributed by atoms with Crippen LogP contribution >= 0.6 is 0 Å². The van der Waals surface area contributed by atoms with Gasteiger partial charge in [-0.1, -0.05) is 18.2 Å². The molecule has 0 aromatic heterocycles. The molecule has 0 bridgehead atoms. The Morgan fingerprint density at radius 2 is 2.25 bits per heavy atom. The number of rotatable bonds is 4. The molecule has 1 aliphatic rings. The van der Waals surface area contributed by atoms with Crippen LogP contribution in [0.1, 0.15) is 18.8 Å². The molecule has 2 N–H and O–H groups in total. The molecule has 1 heterocycles. The standard InChI is InChI=1S/C12H17NO3/c1-2-14-11-6-4-3-5-10(11)12-15-8-9(7-13)16-12/h3-6,9,12H,2,7-8,13H2,1H3. The summed E-state index contributed by atoms with van der Waals surface area (Å²) in [7, 11) is 0. The molecule has 16 heavy (non-hydrogen) atoms. The monoisotopic (exact) mass is 223 g/mol. The SMILES string of the molecule is CCOc1ccccc1C1OCC(CN)O1. The summed E-state index contributed by atoms with van der Waals surface area (Å²) in [6, 6.07) is 7.75. The van der Waals surface area contributed by atoms with E-state index < -0.39 is 0 Å². The van der Waals surface area contributed by atoms with E-state index in [1.54, 1.807) is 0 Å². The molecule has 0 aliphatic carbocycles. The maximum atomic E-state index is 5.66. The van der Waals surface area contributed by atoms with Crippen LogP contribution in [-0.2, 0) is 9.47 Å². The molecule has 1 aliphatic heterocycles. The van der Waals surface area contributed by atoms with Crippen molar-refractivity contribution >= 4 is 0 Å². The van der Waals surface area contributed by atoms with Gasteiger partial charge in [-0.25, -0.2) is 0 Å². The maximum Gasteiger partial charge on any atom is 0.188 e. The van der Waals surface area contributed by atoms with E-state index >= 15 is 0 Å². The van der Waals surface area contributed by atoms with E-state index in [2.05, 4.69) is 0 Å². The van der Waals surface area contributed by atoms with Crippen LogP contribution < -0.4 is 10.5 Å². The summed E-state index contributed by atoms with van der Waals surface area (Å²) in [4.78, 5) is 0. The quantitative estimate of drug-likeness (QED) is 0.839. The molecule has 2 atom stereocenters. The predicted octanol–water partition coefficient (Wildman–Crippen LogP) is 1.46. The van der Waals surface area contributed by atoms with Gasteiger partial charge >= 0.3 is 0 Å². The van der Waals surface area contributed by atoms with E-state index in [0.29, 0.717) is 19.8 Å². The van der Waals surface area contributed by atoms with Crippen LogP contribution in [0.4, 0.5) is 0 Å². The second-order valence-electron chi connectivity index (χ2n) is 3.63. The van der Waals surface area contributed by atoms with Gasteiger partial charge in [-0.2, -0.15) is 0 Å². The zero-order chi connectivity index (χ0) is 11.4. The Labute approximate surface area is 95.3 Å². The lowest BCUT2D eigenvalue weighted by Gasteiger charge is -2.15. The highest BCUT2D eigenvalue weighted by Gasteiger charge is 2.28. The van der Waals surface area contributed by atoms with Crippen molar-refractivity contribution in [1.82, 2.24) is 0 Å². The first-order chi connectivity index (χ1) is 7.85. The third-order valence-corrected chi connectivity index (χ3v) is 2.49. The maximum absolute atomic E-state index is 5.66. The number of benzene rings is 1. The van der Waals surface area contributed by atoms with Gasteiger partial charge in [0.2, 0.25) is 0 Å². The molecular formula is C12H17NO3. The highest BCUT2D eigenvalue weighted by Crippen LogP contribution is 2.32. The number of hydrogen-bond acceptors (Lipinski definition) is 4. The summed E-state index contributed by atoms with van der Waals surface area (Å²) in [5.41, 5.74) is 6.47. The van der Waals surface area contributed by atoms with Crippen molar-refractivity contribution < 1.29 is 14.2 Å². The van der Waals surface area contributed by atoms with Crippen LogP contribution in [0.5, 0.6) is 5.75 Å². The van der Waals surface area contributed by atoms with Gasteiger partial charge in [0.15, 0.2) is 6.29 Å². The summed E-state index contributed by atoms with van der Waals surface area (Å²) < 4.78 is 16.7. The van der Waals surface area contributed by atoms with Crippen molar-refractivity contribution in [2.24, 2.45) is 5.73 Å². The summed E-state index contributed by atoms with van der Waals surface area (Å²) in [5, 5.41) is 0. The van der Waals surface area contributed by atoms with Crippen LogP contribution in [-0.4, -0.2) is 25.9 Å². The summed E-state index contributed by atoms with van der Waals surface area (Å²) in [6.45, 7) is 3.61. The summed E-state index contributed by atoms with van der Waals surface area (Å²) >= 11 is 0. The molecule has 0 radical (unpaired) electrons. The van der Waals surface area contributed by atoms with Crippen LogP contribution in [0.25, 0.3) is 0 Å². The molecule has 88 valence electrons. The summed E-state index contributed by atoms with van der Waals surface area (Å²) in [5.74, 6) is 0.813. The Morgan fingerprint density at radius 1 is 1.44 bits per heavy atom. The normalized spacial score (nSPS) is 24.6. The molecule has 0 saturated carbocycles. The van der Waals surface area contributed by atoms with Crippen LogP contribution in [0, 0.1) is 0 Å². The van der Waals surface area contributed by atoms with Crippen LogP contribution in [0.2, 0.25) is 0 Å². The average molecular weight is 223 g/mol. The van der Waals surface area contributed by atoms with E-state index in [0.717, 1.165) is 11.3 Å². The highest BCUT2D eigenvalue weighted by atomic mass is 16.7. The minimum atomic E-state index is -0.351. The van der Waals surface area contributed by atoms with Crippen molar-refractivity contribution in [3.05, 3.63) is 29.8 Å². The molecule has 1 saturated heterocycles. The fourth-order valence-corrected chi connectivity index (χ4v) is 1.70. The highest BCUT2D eigenvalue weighted by molar-refractivity contribution is 5.34. The first kappa shape index (κ1) is 11.4. The van der Waals surface area contributed by atoms with Crippen molar-refractivity contribution in [2.45, 2.75) is 19.3 Å². The molecule has 4 heteroatoms. The third-order valence-electron chi connectivity index (χ3n) is 2.49. The molecule has 2 unspecified atom stereocenters. The third kappa shape index (κ3) is 2.35. The second-order valence-corrected chi connectivity index (χ2v) is 3.63. The lowest BCUT2D eigenvalue weighted by atomic mass is 10.2. The van der Waals surface area contributed by atoms with Gasteiger partial charge in [0.05, 0.1) is 19.3 Å². The number of para-hydroxylation sites is 1. The Bertz CT molecular complexity index is 343. The van der Waals surface area contributed by atoms with E-state index in [1.807, 2.05) is 31.2 Å².